The average Bonchev–Trinajstić information content (AvgIpc) is 3.45. The summed E-state index contributed by atoms with van der Waals surface area (Å²) >= 11 is 2.06. The smallest absolute Gasteiger partial charge is 0.152 e. The van der Waals surface area contributed by atoms with E-state index in [0.29, 0.717) is 24.6 Å². The van der Waals surface area contributed by atoms with Crippen LogP contribution in [-0.2, 0) is 14.6 Å². The van der Waals surface area contributed by atoms with Crippen LogP contribution >= 0.6 is 11.8 Å². The zero-order chi connectivity index (χ0) is 36.8. The van der Waals surface area contributed by atoms with E-state index < -0.39 is 9.84 Å². The molecule has 0 amide bonds. The predicted octanol–water partition coefficient (Wildman–Crippen LogP) is 2.25. The molecule has 6 fully saturated rings. The molecular weight excluding hydrogens is 657 g/mol. The Balaban J connectivity index is 0.000000561. The normalized spacial score (nSPS) is 24.5. The van der Waals surface area contributed by atoms with Crippen LogP contribution in [0.5, 0.6) is 0 Å². The molecule has 11 nitrogen and oxygen atoms in total. The highest BCUT2D eigenvalue weighted by Gasteiger charge is 2.18. The molecule has 0 unspecified atom stereocenters. The van der Waals surface area contributed by atoms with E-state index in [9.17, 15) is 8.42 Å². The Morgan fingerprint density at radius 2 is 0.980 bits per heavy atom. The van der Waals surface area contributed by atoms with Crippen LogP contribution in [0.1, 0.15) is 47.0 Å². The molecular formula is C36H82N8O3S2. The highest BCUT2D eigenvalue weighted by atomic mass is 32.2. The van der Waals surface area contributed by atoms with Crippen LogP contribution in [-0.4, -0.2) is 232 Å². The lowest BCUT2D eigenvalue weighted by atomic mass is 10.3. The van der Waals surface area contributed by atoms with Crippen molar-refractivity contribution in [2.75, 3.05) is 189 Å². The molecule has 6 rings (SSSR count). The maximum absolute atomic E-state index is 10.8. The minimum atomic E-state index is -2.66. The first-order valence-corrected chi connectivity index (χ1v) is 22.5. The lowest BCUT2D eigenvalue weighted by Gasteiger charge is -2.31. The average molecular weight is 739 g/mol. The molecule has 0 saturated carbocycles. The summed E-state index contributed by atoms with van der Waals surface area (Å²) in [5.74, 6) is 3.33. The second-order valence-electron chi connectivity index (χ2n) is 13.6. The molecule has 0 atom stereocenters. The first-order valence-electron chi connectivity index (χ1n) is 19.5. The van der Waals surface area contributed by atoms with Crippen LogP contribution < -0.4 is 5.32 Å². The SMILES string of the molecule is CC.CCN1CCCNCC1.CCN1CCN(C)CC1.CN1CCCC1.CN1CCOCC1.CN1CCS(=O)(=O)CC1.CN1CCSCC1. The highest BCUT2D eigenvalue weighted by Crippen LogP contribution is 2.06. The first kappa shape index (κ1) is 48.9. The Labute approximate surface area is 309 Å². The Morgan fingerprint density at radius 1 is 0.531 bits per heavy atom. The summed E-state index contributed by atoms with van der Waals surface area (Å²) in [5.41, 5.74) is 0. The monoisotopic (exact) mass is 739 g/mol. The molecule has 296 valence electrons. The van der Waals surface area contributed by atoms with Crippen molar-refractivity contribution in [3.05, 3.63) is 0 Å². The van der Waals surface area contributed by atoms with Gasteiger partial charge in [0.05, 0.1) is 24.7 Å². The number of hydrogen-bond donors (Lipinski definition) is 1. The van der Waals surface area contributed by atoms with Gasteiger partial charge >= 0.3 is 0 Å². The van der Waals surface area contributed by atoms with Crippen molar-refractivity contribution >= 4 is 21.6 Å². The van der Waals surface area contributed by atoms with Gasteiger partial charge in [0.1, 0.15) is 0 Å². The van der Waals surface area contributed by atoms with Crippen molar-refractivity contribution in [3.8, 4) is 0 Å². The van der Waals surface area contributed by atoms with E-state index in [1.165, 1.54) is 122 Å². The van der Waals surface area contributed by atoms with Crippen molar-refractivity contribution in [1.82, 2.24) is 39.6 Å². The molecule has 0 aliphatic carbocycles. The maximum atomic E-state index is 10.8. The Hall–Kier alpha value is -0.0600. The number of hydrogen-bond acceptors (Lipinski definition) is 12. The topological polar surface area (TPSA) is 78.1 Å². The minimum absolute atomic E-state index is 0.337. The fourth-order valence-electron chi connectivity index (χ4n) is 5.37. The number of nitrogens with one attached hydrogen (secondary N) is 1. The van der Waals surface area contributed by atoms with Gasteiger partial charge in [-0.3, -0.25) is 0 Å². The van der Waals surface area contributed by atoms with E-state index in [1.807, 2.05) is 25.8 Å². The number of thioether (sulfide) groups is 1. The number of morpholine rings is 1. The Kier molecular flexibility index (Phi) is 32.5. The summed E-state index contributed by atoms with van der Waals surface area (Å²) in [6, 6.07) is 0. The zero-order valence-corrected chi connectivity index (χ0v) is 35.4. The van der Waals surface area contributed by atoms with Crippen LogP contribution in [0, 0.1) is 0 Å². The largest absolute Gasteiger partial charge is 0.379 e. The molecule has 0 radical (unpaired) electrons. The fourth-order valence-corrected chi connectivity index (χ4v) is 7.84. The summed E-state index contributed by atoms with van der Waals surface area (Å²) in [4.78, 5) is 16.4. The van der Waals surface area contributed by atoms with Gasteiger partial charge < -0.3 is 44.4 Å². The molecule has 0 aromatic rings. The van der Waals surface area contributed by atoms with E-state index >= 15 is 0 Å². The second-order valence-corrected chi connectivity index (χ2v) is 17.1. The number of likely N-dealkylation sites (tertiary alicyclic amines) is 1. The van der Waals surface area contributed by atoms with Crippen LogP contribution in [0.25, 0.3) is 0 Å². The summed E-state index contributed by atoms with van der Waals surface area (Å²) in [5, 5.41) is 3.37. The third-order valence-electron chi connectivity index (χ3n) is 9.29. The first-order chi connectivity index (χ1) is 23.5. The van der Waals surface area contributed by atoms with Gasteiger partial charge in [0.2, 0.25) is 0 Å². The van der Waals surface area contributed by atoms with Gasteiger partial charge in [-0.2, -0.15) is 11.8 Å². The summed E-state index contributed by atoms with van der Waals surface area (Å²) in [6.45, 7) is 31.4. The standard InChI is InChI=1S/2C7H16N2.C5H11NO2S.C5H11NO.C5H11NS.C5H11N.C2H6/c1-3-9-6-4-8(2)5-7-9;1-2-9-6-3-4-8-5-7-9;1-6-2-4-9(7,8)5-3-6;2*1-6-2-4-7-5-3-6;1-6-4-2-3-5-6;1-2/h3-7H2,1-2H3;8H,2-7H2,1H3;2-5H2,1H3;2*2-5H2,1H3;2-5H2,1H3;1-2H3. The van der Waals surface area contributed by atoms with Gasteiger partial charge in [-0.25, -0.2) is 8.42 Å². The predicted molar refractivity (Wildman–Crippen MR) is 217 cm³/mol. The number of ether oxygens (including phenoxy) is 1. The molecule has 0 aromatic carbocycles. The number of sulfone groups is 1. The molecule has 0 spiro atoms. The molecule has 6 saturated heterocycles. The van der Waals surface area contributed by atoms with E-state index in [-0.39, 0.29) is 0 Å². The molecule has 6 aliphatic heterocycles. The van der Waals surface area contributed by atoms with Crippen molar-refractivity contribution in [3.63, 3.8) is 0 Å². The third kappa shape index (κ3) is 30.1. The third-order valence-corrected chi connectivity index (χ3v) is 11.8. The van der Waals surface area contributed by atoms with E-state index in [4.69, 9.17) is 4.74 Å². The van der Waals surface area contributed by atoms with Crippen molar-refractivity contribution in [2.45, 2.75) is 47.0 Å². The molecule has 6 aliphatic rings. The number of piperazine rings is 1. The van der Waals surface area contributed by atoms with Crippen molar-refractivity contribution in [1.29, 1.82) is 0 Å². The van der Waals surface area contributed by atoms with Crippen LogP contribution in [0.3, 0.4) is 0 Å². The number of likely N-dealkylation sites (N-methyl/N-ethyl adjacent to an activating group) is 4. The summed E-state index contributed by atoms with van der Waals surface area (Å²) < 4.78 is 26.6. The van der Waals surface area contributed by atoms with Gasteiger partial charge in [0.25, 0.3) is 0 Å². The Bertz CT molecular complexity index is 766. The molecule has 0 aromatic heterocycles. The highest BCUT2D eigenvalue weighted by molar-refractivity contribution is 7.99. The lowest BCUT2D eigenvalue weighted by Crippen LogP contribution is -2.44. The summed E-state index contributed by atoms with van der Waals surface area (Å²) in [7, 11) is 7.94. The maximum Gasteiger partial charge on any atom is 0.152 e. The van der Waals surface area contributed by atoms with E-state index in [2.05, 4.69) is 88.5 Å². The zero-order valence-electron chi connectivity index (χ0n) is 33.8. The van der Waals surface area contributed by atoms with E-state index in [0.717, 1.165) is 26.3 Å². The molecule has 13 heteroatoms. The van der Waals surface area contributed by atoms with Crippen molar-refractivity contribution < 1.29 is 13.2 Å². The van der Waals surface area contributed by atoms with Crippen LogP contribution in [0.15, 0.2) is 0 Å². The van der Waals surface area contributed by atoms with E-state index in [1.54, 1.807) is 0 Å². The molecule has 49 heavy (non-hydrogen) atoms. The quantitative estimate of drug-likeness (QED) is 0.452. The van der Waals surface area contributed by atoms with Gasteiger partial charge in [0.15, 0.2) is 9.84 Å². The van der Waals surface area contributed by atoms with Gasteiger partial charge in [-0.05, 0) is 93.8 Å². The Morgan fingerprint density at radius 3 is 1.37 bits per heavy atom. The number of nitrogens with zero attached hydrogens (tertiary/aromatic N) is 7. The molecule has 0 bridgehead atoms. The van der Waals surface area contributed by atoms with Gasteiger partial charge in [-0.1, -0.05) is 27.7 Å². The van der Waals surface area contributed by atoms with Gasteiger partial charge in [0, 0.05) is 90.0 Å². The molecule has 1 N–H and O–H groups in total. The van der Waals surface area contributed by atoms with Crippen LogP contribution in [0.2, 0.25) is 0 Å². The molecule has 6 heterocycles. The van der Waals surface area contributed by atoms with Crippen molar-refractivity contribution in [2.24, 2.45) is 0 Å². The van der Waals surface area contributed by atoms with Crippen LogP contribution in [0.4, 0.5) is 0 Å². The summed E-state index contributed by atoms with van der Waals surface area (Å²) in [6.07, 6.45) is 4.14. The second kappa shape index (κ2) is 32.6. The van der Waals surface area contributed by atoms with Gasteiger partial charge in [-0.15, -0.1) is 0 Å². The fraction of sp³-hybridized carbons (Fsp3) is 1.00. The lowest BCUT2D eigenvalue weighted by molar-refractivity contribution is 0.0503. The minimum Gasteiger partial charge on any atom is -0.379 e. The number of rotatable bonds is 2.